The van der Waals surface area contributed by atoms with Gasteiger partial charge in [0.15, 0.2) is 12.6 Å². The highest BCUT2D eigenvalue weighted by molar-refractivity contribution is 6.52. The number of carbonyl (C=O) groups is 3. The van der Waals surface area contributed by atoms with Crippen molar-refractivity contribution in [1.29, 1.82) is 0 Å². The first kappa shape index (κ1) is 63.8. The number of cyclic esters (lactones) is 1. The molecule has 18 atom stereocenters. The van der Waals surface area contributed by atoms with Gasteiger partial charge in [0.05, 0.1) is 41.5 Å². The Hall–Kier alpha value is -3.40. The van der Waals surface area contributed by atoms with Crippen LogP contribution in [0.4, 0.5) is 0 Å². The lowest BCUT2D eigenvalue weighted by molar-refractivity contribution is -0.318. The van der Waals surface area contributed by atoms with Gasteiger partial charge in [-0.2, -0.15) is 0 Å². The minimum atomic E-state index is -1.80. The van der Waals surface area contributed by atoms with Crippen LogP contribution in [0.3, 0.4) is 0 Å². The van der Waals surface area contributed by atoms with Crippen molar-refractivity contribution in [2.45, 2.75) is 217 Å². The summed E-state index contributed by atoms with van der Waals surface area (Å²) in [6, 6.07) is 13.9. The molecule has 5 aliphatic rings. The molecule has 78 heavy (non-hydrogen) atoms. The standard InChI is InChI=1S/C38H72N2O12.C22H19ClO3/c1-15-27-38(10,46)31(42)24(6)40(13)19-20(2)17-36(8,45)33(52-35-29(41)26(39(11)12)16-21(3)48-35)22(4)30(23(5)34(44)50-27)51-28-18-37(9,47-14)32(43)25(7)49-28;23-16-11-9-14(10-12-16)13-5-7-15(8-6-13)19-20(24)17-3-1-2-4-18(17)21(25)22(19)26/h20-33,35,41-43,45-46H,15-19H2,1-14H3;1-4,9-13,15,24H,5-8H2/t20-,21-,22+,23-,24-,25+,26+,27-,28+,29-,30+,31-,32+,33-,35+,36-,37-,38-;/m1./s1. The summed E-state index contributed by atoms with van der Waals surface area (Å²) in [7, 11) is 7.12. The molecule has 7 rings (SSSR count). The van der Waals surface area contributed by atoms with Crippen LogP contribution in [0, 0.1) is 23.7 Å². The molecule has 2 aliphatic carbocycles. The maximum atomic E-state index is 14.2. The monoisotopic (exact) mass is 1110 g/mol. The number of nitrogens with zero attached hydrogens (tertiary/aromatic N) is 2. The van der Waals surface area contributed by atoms with Gasteiger partial charge in [-0.15, -0.1) is 0 Å². The molecule has 0 bridgehead atoms. The summed E-state index contributed by atoms with van der Waals surface area (Å²) in [4.78, 5) is 43.1. The average molecular weight is 1120 g/mol. The van der Waals surface area contributed by atoms with E-state index in [0.29, 0.717) is 35.6 Å². The molecule has 1 saturated carbocycles. The van der Waals surface area contributed by atoms with Gasteiger partial charge < -0.3 is 68.9 Å². The van der Waals surface area contributed by atoms with Gasteiger partial charge >= 0.3 is 5.97 Å². The third kappa shape index (κ3) is 14.1. The topological polar surface area (TPSA) is 234 Å². The fraction of sp³-hybridized carbons (Fsp3) is 0.717. The van der Waals surface area contributed by atoms with Crippen LogP contribution in [0.2, 0.25) is 5.02 Å². The minimum absolute atomic E-state index is 0.0138. The molecule has 18 heteroatoms. The number of hydrogen-bond donors (Lipinski definition) is 6. The number of aliphatic hydroxyl groups excluding tert-OH is 4. The number of ether oxygens (including phenoxy) is 6. The number of hydrogen-bond acceptors (Lipinski definition) is 17. The second kappa shape index (κ2) is 26.2. The van der Waals surface area contributed by atoms with Gasteiger partial charge in [-0.1, -0.05) is 68.8 Å². The Morgan fingerprint density at radius 1 is 0.808 bits per heavy atom. The SMILES string of the molecule is CC[C@H]1OC(=O)[C@H](C)[C@@H](O[C@H]2C[C@@](C)(OC)[C@@H](O)[C@H](C)O2)[C@H](C)[C@@H](O[C@@H]2O[C@H](C)C[C@H](N(C)C)[C@H]2O)[C@](C)(O)C[C@@H](C)CN(C)[C@H](C)[C@@H](O)[C@]1(C)O.O=C1C(=O)c2ccccc2C(O)=C1C1CCC(c2ccc(Cl)cc2)CC1. The van der Waals surface area contributed by atoms with Crippen LogP contribution in [0.5, 0.6) is 0 Å². The van der Waals surface area contributed by atoms with Crippen molar-refractivity contribution < 1.29 is 73.4 Å². The van der Waals surface area contributed by atoms with E-state index >= 15 is 0 Å². The van der Waals surface area contributed by atoms with Crippen LogP contribution in [-0.4, -0.2) is 183 Å². The van der Waals surface area contributed by atoms with E-state index in [2.05, 4.69) is 12.1 Å². The van der Waals surface area contributed by atoms with Crippen molar-refractivity contribution in [2.75, 3.05) is 34.8 Å². The summed E-state index contributed by atoms with van der Waals surface area (Å²) in [5, 5.41) is 69.5. The van der Waals surface area contributed by atoms with Gasteiger partial charge in [-0.25, -0.2) is 0 Å². The summed E-state index contributed by atoms with van der Waals surface area (Å²) < 4.78 is 37.5. The molecular weight excluding hydrogens is 1020 g/mol. The van der Waals surface area contributed by atoms with Gasteiger partial charge in [-0.3, -0.25) is 14.4 Å². The maximum absolute atomic E-state index is 14.2. The van der Waals surface area contributed by atoms with Crippen LogP contribution in [0.25, 0.3) is 5.76 Å². The zero-order valence-corrected chi connectivity index (χ0v) is 49.2. The van der Waals surface area contributed by atoms with Crippen LogP contribution >= 0.6 is 11.6 Å². The summed E-state index contributed by atoms with van der Waals surface area (Å²) in [5.74, 6) is -3.29. The molecular formula is C60H91ClN2O15. The number of methoxy groups -OCH3 is 1. The summed E-state index contributed by atoms with van der Waals surface area (Å²) >= 11 is 5.96. The molecule has 3 heterocycles. The molecule has 438 valence electrons. The summed E-state index contributed by atoms with van der Waals surface area (Å²) in [6.07, 6.45) is -4.77. The lowest BCUT2D eigenvalue weighted by Gasteiger charge is -2.48. The molecule has 0 unspecified atom stereocenters. The molecule has 2 aromatic rings. The Balaban J connectivity index is 0.000000312. The van der Waals surface area contributed by atoms with Crippen LogP contribution in [-0.2, 0) is 38.0 Å². The van der Waals surface area contributed by atoms with E-state index < -0.39 is 108 Å². The molecule has 2 aromatic carbocycles. The third-order valence-corrected chi connectivity index (χ3v) is 18.1. The molecule has 3 saturated heterocycles. The van der Waals surface area contributed by atoms with E-state index in [9.17, 15) is 45.0 Å². The number of esters is 1. The van der Waals surface area contributed by atoms with Crippen molar-refractivity contribution in [1.82, 2.24) is 9.80 Å². The van der Waals surface area contributed by atoms with Crippen molar-refractivity contribution in [2.24, 2.45) is 23.7 Å². The van der Waals surface area contributed by atoms with Crippen molar-refractivity contribution in [3.63, 3.8) is 0 Å². The number of carbonyl (C=O) groups excluding carboxylic acids is 3. The Kier molecular flexibility index (Phi) is 21.5. The first-order valence-electron chi connectivity index (χ1n) is 28.1. The number of benzene rings is 2. The van der Waals surface area contributed by atoms with E-state index in [1.807, 2.05) is 63.8 Å². The first-order valence-corrected chi connectivity index (χ1v) is 28.5. The smallest absolute Gasteiger partial charge is 0.311 e. The number of likely N-dealkylation sites (N-methyl/N-ethyl adjacent to an activating group) is 2. The van der Waals surface area contributed by atoms with E-state index in [1.54, 1.807) is 65.8 Å². The number of halogens is 1. The van der Waals surface area contributed by atoms with Crippen LogP contribution in [0.15, 0.2) is 54.1 Å². The Morgan fingerprint density at radius 2 is 1.41 bits per heavy atom. The third-order valence-electron chi connectivity index (χ3n) is 17.8. The Morgan fingerprint density at radius 3 is 2.00 bits per heavy atom. The number of ketones is 2. The van der Waals surface area contributed by atoms with Crippen molar-refractivity contribution in [3.8, 4) is 0 Å². The Labute approximate surface area is 467 Å². The maximum Gasteiger partial charge on any atom is 0.311 e. The lowest BCUT2D eigenvalue weighted by Crippen LogP contribution is -2.60. The highest BCUT2D eigenvalue weighted by atomic mass is 35.5. The second-order valence-electron chi connectivity index (χ2n) is 24.2. The van der Waals surface area contributed by atoms with Gasteiger partial charge in [0, 0.05) is 59.8 Å². The molecule has 0 aromatic heterocycles. The quantitative estimate of drug-likeness (QED) is 0.107. The van der Waals surface area contributed by atoms with Gasteiger partial charge in [0.25, 0.3) is 0 Å². The van der Waals surface area contributed by atoms with Crippen molar-refractivity contribution in [3.05, 3.63) is 75.8 Å². The fourth-order valence-electron chi connectivity index (χ4n) is 13.0. The summed E-state index contributed by atoms with van der Waals surface area (Å²) in [5.41, 5.74) is -2.04. The number of allylic oxidation sites excluding steroid dienone is 1. The highest BCUT2D eigenvalue weighted by Gasteiger charge is 2.53. The van der Waals surface area contributed by atoms with Gasteiger partial charge in [0.2, 0.25) is 11.6 Å². The predicted octanol–water partition coefficient (Wildman–Crippen LogP) is 7.25. The molecule has 6 N–H and O–H groups in total. The molecule has 0 amide bonds. The molecule has 0 spiro atoms. The van der Waals surface area contributed by atoms with E-state index in [0.717, 1.165) is 30.7 Å². The average Bonchev–Trinajstić information content (AvgIpc) is 3.45. The fourth-order valence-corrected chi connectivity index (χ4v) is 13.1. The van der Waals surface area contributed by atoms with E-state index in [1.165, 1.54) is 19.6 Å². The normalized spacial score (nSPS) is 40.8. The largest absolute Gasteiger partial charge is 0.507 e. The molecule has 4 fully saturated rings. The molecule has 3 aliphatic heterocycles. The summed E-state index contributed by atoms with van der Waals surface area (Å²) in [6.45, 7) is 18.0. The van der Waals surface area contributed by atoms with Crippen molar-refractivity contribution >= 4 is 34.9 Å². The second-order valence-corrected chi connectivity index (χ2v) is 24.7. The van der Waals surface area contributed by atoms with Crippen LogP contribution < -0.4 is 0 Å². The number of aliphatic hydroxyl groups is 6. The number of rotatable bonds is 9. The number of Topliss-reactive ketones (excluding diaryl/α,β-unsaturated/α-hetero) is 2. The van der Waals surface area contributed by atoms with Gasteiger partial charge in [-0.05, 0) is 150 Å². The van der Waals surface area contributed by atoms with E-state index in [4.69, 9.17) is 40.0 Å². The Bertz CT molecular complexity index is 2370. The predicted molar refractivity (Wildman–Crippen MR) is 296 cm³/mol. The number of fused-ring (bicyclic) bond motifs is 1. The van der Waals surface area contributed by atoms with Crippen LogP contribution in [0.1, 0.15) is 148 Å². The minimum Gasteiger partial charge on any atom is -0.507 e. The van der Waals surface area contributed by atoms with E-state index in [-0.39, 0.29) is 49.0 Å². The zero-order chi connectivity index (χ0) is 57.9. The van der Waals surface area contributed by atoms with Gasteiger partial charge in [0.1, 0.15) is 35.8 Å². The molecule has 17 nitrogen and oxygen atoms in total. The molecule has 0 radical (unpaired) electrons. The first-order chi connectivity index (χ1) is 36.5. The zero-order valence-electron chi connectivity index (χ0n) is 48.4. The lowest BCUT2D eigenvalue weighted by atomic mass is 9.72. The highest BCUT2D eigenvalue weighted by Crippen LogP contribution is 2.44.